The highest BCUT2D eigenvalue weighted by Crippen LogP contribution is 2.37. The van der Waals surface area contributed by atoms with Crippen molar-refractivity contribution in [2.75, 3.05) is 26.4 Å². The van der Waals surface area contributed by atoms with Crippen molar-refractivity contribution in [3.63, 3.8) is 0 Å². The summed E-state index contributed by atoms with van der Waals surface area (Å²) in [5, 5.41) is 0. The van der Waals surface area contributed by atoms with Gasteiger partial charge in [0.2, 0.25) is 0 Å². The number of nitrogens with two attached hydrogens (primary N) is 1. The van der Waals surface area contributed by atoms with Gasteiger partial charge in [-0.2, -0.15) is 0 Å². The van der Waals surface area contributed by atoms with Crippen LogP contribution in [0.5, 0.6) is 0 Å². The molecule has 1 fully saturated rings. The zero-order valence-corrected chi connectivity index (χ0v) is 13.8. The summed E-state index contributed by atoms with van der Waals surface area (Å²) >= 11 is 3.17. The standard InChI is InChI=1S/C13H18BrFN2O2S/c1-17-7-8(6-16)3-12(17)9-4-10(14)13(11(15)5-9)20(2,18)19/h4-5,8,12H,3,6-7,16H2,1-2H3. The van der Waals surface area contributed by atoms with E-state index < -0.39 is 15.7 Å². The number of hydrogen-bond acceptors (Lipinski definition) is 4. The first-order valence-corrected chi connectivity index (χ1v) is 9.01. The molecule has 1 aliphatic rings. The van der Waals surface area contributed by atoms with Crippen molar-refractivity contribution >= 4 is 25.8 Å². The van der Waals surface area contributed by atoms with Crippen LogP contribution in [0, 0.1) is 11.7 Å². The lowest BCUT2D eigenvalue weighted by molar-refractivity contribution is 0.312. The lowest BCUT2D eigenvalue weighted by Gasteiger charge is -2.20. The molecule has 1 aromatic rings. The predicted octanol–water partition coefficient (Wildman–Crippen LogP) is 1.94. The Kier molecular flexibility index (Phi) is 4.53. The van der Waals surface area contributed by atoms with Gasteiger partial charge in [0, 0.05) is 23.3 Å². The molecule has 0 aliphatic carbocycles. The maximum absolute atomic E-state index is 14.1. The van der Waals surface area contributed by atoms with E-state index in [9.17, 15) is 12.8 Å². The molecule has 7 heteroatoms. The molecule has 0 aromatic heterocycles. The van der Waals surface area contributed by atoms with E-state index in [4.69, 9.17) is 5.73 Å². The largest absolute Gasteiger partial charge is 0.330 e. The van der Waals surface area contributed by atoms with Crippen molar-refractivity contribution in [3.8, 4) is 0 Å². The van der Waals surface area contributed by atoms with Gasteiger partial charge in [0.25, 0.3) is 0 Å². The van der Waals surface area contributed by atoms with Crippen molar-refractivity contribution in [2.45, 2.75) is 17.4 Å². The fraction of sp³-hybridized carbons (Fsp3) is 0.538. The molecule has 0 spiro atoms. The van der Waals surface area contributed by atoms with E-state index in [2.05, 4.69) is 20.8 Å². The SMILES string of the molecule is CN1CC(CN)CC1c1cc(F)c(S(C)(=O)=O)c(Br)c1. The number of halogens is 2. The summed E-state index contributed by atoms with van der Waals surface area (Å²) in [6.07, 6.45) is 1.86. The minimum Gasteiger partial charge on any atom is -0.330 e. The van der Waals surface area contributed by atoms with Gasteiger partial charge in [0.05, 0.1) is 0 Å². The average molecular weight is 365 g/mol. The minimum absolute atomic E-state index is 0.0722. The first-order chi connectivity index (χ1) is 9.24. The molecule has 1 heterocycles. The lowest BCUT2D eigenvalue weighted by atomic mass is 10.00. The minimum atomic E-state index is -3.59. The number of rotatable bonds is 3. The highest BCUT2D eigenvalue weighted by Gasteiger charge is 2.31. The molecule has 4 nitrogen and oxygen atoms in total. The van der Waals surface area contributed by atoms with E-state index >= 15 is 0 Å². The van der Waals surface area contributed by atoms with Crippen molar-refractivity contribution in [1.82, 2.24) is 4.90 Å². The maximum atomic E-state index is 14.1. The summed E-state index contributed by atoms with van der Waals surface area (Å²) in [4.78, 5) is 1.84. The van der Waals surface area contributed by atoms with E-state index in [0.717, 1.165) is 24.8 Å². The van der Waals surface area contributed by atoms with Gasteiger partial charge in [-0.3, -0.25) is 4.90 Å². The van der Waals surface area contributed by atoms with Crippen molar-refractivity contribution in [3.05, 3.63) is 28.0 Å². The Morgan fingerprint density at radius 1 is 1.50 bits per heavy atom. The van der Waals surface area contributed by atoms with E-state index in [1.54, 1.807) is 6.07 Å². The van der Waals surface area contributed by atoms with Crippen LogP contribution >= 0.6 is 15.9 Å². The monoisotopic (exact) mass is 364 g/mol. The number of benzene rings is 1. The summed E-state index contributed by atoms with van der Waals surface area (Å²) in [6, 6.07) is 3.09. The van der Waals surface area contributed by atoms with Gasteiger partial charge in [-0.25, -0.2) is 12.8 Å². The van der Waals surface area contributed by atoms with Gasteiger partial charge in [0.15, 0.2) is 9.84 Å². The molecule has 2 atom stereocenters. The zero-order valence-electron chi connectivity index (χ0n) is 11.4. The fourth-order valence-electron chi connectivity index (χ4n) is 2.79. The number of nitrogens with zero attached hydrogens (tertiary/aromatic N) is 1. The topological polar surface area (TPSA) is 63.4 Å². The second kappa shape index (κ2) is 5.71. The van der Waals surface area contributed by atoms with Gasteiger partial charge >= 0.3 is 0 Å². The van der Waals surface area contributed by atoms with Gasteiger partial charge in [-0.05, 0) is 59.6 Å². The normalized spacial score (nSPS) is 24.2. The molecule has 0 radical (unpaired) electrons. The van der Waals surface area contributed by atoms with Gasteiger partial charge in [0.1, 0.15) is 10.7 Å². The molecule has 0 bridgehead atoms. The summed E-state index contributed by atoms with van der Waals surface area (Å²) in [5.74, 6) is -0.317. The summed E-state index contributed by atoms with van der Waals surface area (Å²) in [6.45, 7) is 1.47. The molecule has 2 N–H and O–H groups in total. The first-order valence-electron chi connectivity index (χ1n) is 6.33. The van der Waals surface area contributed by atoms with E-state index in [1.165, 1.54) is 6.07 Å². The average Bonchev–Trinajstić information content (AvgIpc) is 2.67. The highest BCUT2D eigenvalue weighted by atomic mass is 79.9. The van der Waals surface area contributed by atoms with Crippen LogP contribution in [-0.4, -0.2) is 39.7 Å². The Hall–Kier alpha value is -0.500. The van der Waals surface area contributed by atoms with Gasteiger partial charge < -0.3 is 5.73 Å². The second-order valence-electron chi connectivity index (χ2n) is 5.38. The smallest absolute Gasteiger partial charge is 0.179 e. The highest BCUT2D eigenvalue weighted by molar-refractivity contribution is 9.10. The Balaban J connectivity index is 2.41. The molecule has 112 valence electrons. The van der Waals surface area contributed by atoms with Crippen LogP contribution in [0.25, 0.3) is 0 Å². The third-order valence-electron chi connectivity index (χ3n) is 3.74. The Morgan fingerprint density at radius 2 is 2.15 bits per heavy atom. The molecule has 1 saturated heterocycles. The molecule has 0 amide bonds. The van der Waals surface area contributed by atoms with Crippen LogP contribution in [0.4, 0.5) is 4.39 Å². The van der Waals surface area contributed by atoms with Crippen LogP contribution in [-0.2, 0) is 9.84 Å². The van der Waals surface area contributed by atoms with Crippen LogP contribution in [0.3, 0.4) is 0 Å². The second-order valence-corrected chi connectivity index (χ2v) is 8.19. The Bertz CT molecular complexity index is 598. The molecular formula is C13H18BrFN2O2S. The third kappa shape index (κ3) is 3.05. The quantitative estimate of drug-likeness (QED) is 0.889. The van der Waals surface area contributed by atoms with E-state index in [-0.39, 0.29) is 15.4 Å². The summed E-state index contributed by atoms with van der Waals surface area (Å²) in [7, 11) is -1.62. The molecule has 1 aromatic carbocycles. The van der Waals surface area contributed by atoms with E-state index in [0.29, 0.717) is 12.5 Å². The first kappa shape index (κ1) is 15.9. The number of sulfone groups is 1. The molecule has 1 aliphatic heterocycles. The number of hydrogen-bond donors (Lipinski definition) is 1. The van der Waals surface area contributed by atoms with Gasteiger partial charge in [-0.15, -0.1) is 0 Å². The summed E-state index contributed by atoms with van der Waals surface area (Å²) in [5.41, 5.74) is 6.47. The molecule has 20 heavy (non-hydrogen) atoms. The lowest BCUT2D eigenvalue weighted by Crippen LogP contribution is -2.20. The summed E-state index contributed by atoms with van der Waals surface area (Å²) < 4.78 is 37.5. The molecular weight excluding hydrogens is 347 g/mol. The third-order valence-corrected chi connectivity index (χ3v) is 5.79. The van der Waals surface area contributed by atoms with Gasteiger partial charge in [-0.1, -0.05) is 0 Å². The number of likely N-dealkylation sites (tertiary alicyclic amines) is 1. The molecule has 2 unspecified atom stereocenters. The van der Waals surface area contributed by atoms with E-state index in [1.807, 2.05) is 7.05 Å². The molecule has 2 rings (SSSR count). The fourth-order valence-corrected chi connectivity index (χ4v) is 4.95. The van der Waals surface area contributed by atoms with Crippen molar-refractivity contribution in [2.24, 2.45) is 11.7 Å². The van der Waals surface area contributed by atoms with Crippen LogP contribution in [0.2, 0.25) is 0 Å². The molecule has 0 saturated carbocycles. The Morgan fingerprint density at radius 3 is 2.60 bits per heavy atom. The predicted molar refractivity (Wildman–Crippen MR) is 79.7 cm³/mol. The maximum Gasteiger partial charge on any atom is 0.179 e. The van der Waals surface area contributed by atoms with Crippen molar-refractivity contribution in [1.29, 1.82) is 0 Å². The van der Waals surface area contributed by atoms with Crippen LogP contribution in [0.1, 0.15) is 18.0 Å². The zero-order chi connectivity index (χ0) is 15.1. The van der Waals surface area contributed by atoms with Crippen LogP contribution in [0.15, 0.2) is 21.5 Å². The van der Waals surface area contributed by atoms with Crippen LogP contribution < -0.4 is 5.73 Å². The van der Waals surface area contributed by atoms with Crippen molar-refractivity contribution < 1.29 is 12.8 Å². The Labute approximate surface area is 127 Å².